The van der Waals surface area contributed by atoms with Crippen molar-refractivity contribution in [3.8, 4) is 0 Å². The van der Waals surface area contributed by atoms with Crippen molar-refractivity contribution in [3.05, 3.63) is 35.4 Å². The summed E-state index contributed by atoms with van der Waals surface area (Å²) in [5.74, 6) is 0.273. The lowest BCUT2D eigenvalue weighted by Gasteiger charge is -2.31. The van der Waals surface area contributed by atoms with E-state index in [1.165, 1.54) is 11.1 Å². The summed E-state index contributed by atoms with van der Waals surface area (Å²) in [6, 6.07) is 8.74. The predicted octanol–water partition coefficient (Wildman–Crippen LogP) is 2.14. The first kappa shape index (κ1) is 14.1. The molecule has 0 aliphatic carbocycles. The third-order valence-electron chi connectivity index (χ3n) is 4.12. The van der Waals surface area contributed by atoms with Crippen molar-refractivity contribution in [2.75, 3.05) is 20.1 Å². The molecule has 0 saturated carbocycles. The van der Waals surface area contributed by atoms with E-state index in [1.54, 1.807) is 0 Å². The van der Waals surface area contributed by atoms with Crippen LogP contribution in [0.25, 0.3) is 0 Å². The van der Waals surface area contributed by atoms with Gasteiger partial charge in [0.1, 0.15) is 0 Å². The molecule has 0 aromatic heterocycles. The minimum absolute atomic E-state index is 0.273. The second-order valence-corrected chi connectivity index (χ2v) is 5.41. The Balaban J connectivity index is 1.85. The Bertz CT molecular complexity index is 425. The number of rotatable bonds is 4. The van der Waals surface area contributed by atoms with Crippen LogP contribution < -0.4 is 5.32 Å². The molecule has 1 aromatic carbocycles. The number of benzene rings is 1. The monoisotopic (exact) mass is 260 g/mol. The fourth-order valence-electron chi connectivity index (χ4n) is 2.71. The Kier molecular flexibility index (Phi) is 4.97. The molecular weight excluding hydrogens is 236 g/mol. The molecule has 3 heteroatoms. The van der Waals surface area contributed by atoms with Crippen molar-refractivity contribution in [2.45, 2.75) is 38.6 Å². The molecule has 1 saturated heterocycles. The minimum Gasteiger partial charge on any atom is -0.343 e. The summed E-state index contributed by atoms with van der Waals surface area (Å²) in [4.78, 5) is 14.2. The Morgan fingerprint density at radius 3 is 2.68 bits per heavy atom. The van der Waals surface area contributed by atoms with E-state index < -0.39 is 0 Å². The summed E-state index contributed by atoms with van der Waals surface area (Å²) in [5, 5.41) is 3.34. The fraction of sp³-hybridized carbons (Fsp3) is 0.562. The normalized spacial score (nSPS) is 16.3. The van der Waals surface area contributed by atoms with Crippen molar-refractivity contribution in [1.29, 1.82) is 0 Å². The number of carbonyl (C=O) groups excluding carboxylic acids is 1. The number of piperidine rings is 1. The lowest BCUT2D eigenvalue weighted by molar-refractivity contribution is -0.132. The van der Waals surface area contributed by atoms with E-state index in [1.807, 2.05) is 24.1 Å². The summed E-state index contributed by atoms with van der Waals surface area (Å²) in [6.45, 7) is 4.16. The van der Waals surface area contributed by atoms with Gasteiger partial charge in [-0.1, -0.05) is 24.3 Å². The molecule has 1 N–H and O–H groups in total. The van der Waals surface area contributed by atoms with E-state index in [-0.39, 0.29) is 5.91 Å². The van der Waals surface area contributed by atoms with Gasteiger partial charge < -0.3 is 10.2 Å². The molecule has 19 heavy (non-hydrogen) atoms. The van der Waals surface area contributed by atoms with Crippen LogP contribution in [0, 0.1) is 6.92 Å². The fourth-order valence-corrected chi connectivity index (χ4v) is 2.71. The number of amides is 1. The first-order valence-electron chi connectivity index (χ1n) is 7.19. The molecule has 1 heterocycles. The van der Waals surface area contributed by atoms with Crippen LogP contribution in [0.5, 0.6) is 0 Å². The largest absolute Gasteiger partial charge is 0.343 e. The molecule has 1 aromatic rings. The third kappa shape index (κ3) is 3.80. The maximum Gasteiger partial charge on any atom is 0.222 e. The van der Waals surface area contributed by atoms with Crippen LogP contribution in [-0.2, 0) is 11.2 Å². The van der Waals surface area contributed by atoms with Gasteiger partial charge in [-0.2, -0.15) is 0 Å². The Morgan fingerprint density at radius 1 is 1.32 bits per heavy atom. The highest BCUT2D eigenvalue weighted by Crippen LogP contribution is 2.14. The standard InChI is InChI=1S/C16H24N2O/c1-13-5-3-4-6-14(13)7-8-16(19)18(2)15-9-11-17-12-10-15/h3-6,15,17H,7-12H2,1-2H3. The number of hydrogen-bond donors (Lipinski definition) is 1. The van der Waals surface area contributed by atoms with Gasteiger partial charge in [-0.15, -0.1) is 0 Å². The number of nitrogens with zero attached hydrogens (tertiary/aromatic N) is 1. The maximum atomic E-state index is 12.2. The first-order valence-corrected chi connectivity index (χ1v) is 7.19. The van der Waals surface area contributed by atoms with E-state index in [4.69, 9.17) is 0 Å². The molecule has 2 rings (SSSR count). The van der Waals surface area contributed by atoms with Crippen molar-refractivity contribution in [3.63, 3.8) is 0 Å². The van der Waals surface area contributed by atoms with E-state index in [0.717, 1.165) is 32.4 Å². The molecule has 0 atom stereocenters. The molecule has 0 spiro atoms. The van der Waals surface area contributed by atoms with Crippen molar-refractivity contribution in [1.82, 2.24) is 10.2 Å². The summed E-state index contributed by atoms with van der Waals surface area (Å²) >= 11 is 0. The molecule has 1 aliphatic rings. The van der Waals surface area contributed by atoms with Crippen LogP contribution in [0.4, 0.5) is 0 Å². The lowest BCUT2D eigenvalue weighted by atomic mass is 10.0. The highest BCUT2D eigenvalue weighted by atomic mass is 16.2. The van der Waals surface area contributed by atoms with Crippen LogP contribution in [0.1, 0.15) is 30.4 Å². The number of carbonyl (C=O) groups is 1. The zero-order valence-corrected chi connectivity index (χ0v) is 12.0. The van der Waals surface area contributed by atoms with Crippen molar-refractivity contribution >= 4 is 5.91 Å². The zero-order valence-electron chi connectivity index (χ0n) is 12.0. The smallest absolute Gasteiger partial charge is 0.222 e. The third-order valence-corrected chi connectivity index (χ3v) is 4.12. The molecule has 3 nitrogen and oxygen atoms in total. The summed E-state index contributed by atoms with van der Waals surface area (Å²) in [6.07, 6.45) is 3.62. The van der Waals surface area contributed by atoms with Gasteiger partial charge in [-0.3, -0.25) is 4.79 Å². The summed E-state index contributed by atoms with van der Waals surface area (Å²) in [7, 11) is 1.95. The Morgan fingerprint density at radius 2 is 2.00 bits per heavy atom. The molecule has 104 valence electrons. The Hall–Kier alpha value is -1.35. The predicted molar refractivity (Wildman–Crippen MR) is 78.2 cm³/mol. The van der Waals surface area contributed by atoms with Gasteiger partial charge in [-0.25, -0.2) is 0 Å². The van der Waals surface area contributed by atoms with E-state index in [2.05, 4.69) is 24.4 Å². The minimum atomic E-state index is 0.273. The van der Waals surface area contributed by atoms with Crippen molar-refractivity contribution < 1.29 is 4.79 Å². The maximum absolute atomic E-state index is 12.2. The summed E-state index contributed by atoms with van der Waals surface area (Å²) in [5.41, 5.74) is 2.56. The van der Waals surface area contributed by atoms with Gasteiger partial charge in [-0.05, 0) is 50.4 Å². The van der Waals surface area contributed by atoms with E-state index >= 15 is 0 Å². The summed E-state index contributed by atoms with van der Waals surface area (Å²) < 4.78 is 0. The second kappa shape index (κ2) is 6.71. The number of nitrogens with one attached hydrogen (secondary N) is 1. The highest BCUT2D eigenvalue weighted by molar-refractivity contribution is 5.76. The van der Waals surface area contributed by atoms with Gasteiger partial charge in [0.05, 0.1) is 0 Å². The SMILES string of the molecule is Cc1ccccc1CCC(=O)N(C)C1CCNCC1. The Labute approximate surface area is 116 Å². The van der Waals surface area contributed by atoms with Gasteiger partial charge in [0.15, 0.2) is 0 Å². The van der Waals surface area contributed by atoms with Crippen LogP contribution in [0.2, 0.25) is 0 Å². The number of hydrogen-bond acceptors (Lipinski definition) is 2. The van der Waals surface area contributed by atoms with Gasteiger partial charge in [0.25, 0.3) is 0 Å². The van der Waals surface area contributed by atoms with Crippen LogP contribution in [-0.4, -0.2) is 37.0 Å². The average Bonchev–Trinajstić information content (AvgIpc) is 2.46. The highest BCUT2D eigenvalue weighted by Gasteiger charge is 2.21. The van der Waals surface area contributed by atoms with Gasteiger partial charge in [0, 0.05) is 19.5 Å². The number of aryl methyl sites for hydroxylation is 2. The zero-order chi connectivity index (χ0) is 13.7. The van der Waals surface area contributed by atoms with Gasteiger partial charge >= 0.3 is 0 Å². The molecule has 0 radical (unpaired) electrons. The van der Waals surface area contributed by atoms with Crippen LogP contribution in [0.15, 0.2) is 24.3 Å². The molecule has 1 fully saturated rings. The molecule has 0 unspecified atom stereocenters. The average molecular weight is 260 g/mol. The molecule has 1 amide bonds. The molecule has 0 bridgehead atoms. The molecular formula is C16H24N2O. The first-order chi connectivity index (χ1) is 9.18. The van der Waals surface area contributed by atoms with Gasteiger partial charge in [0.2, 0.25) is 5.91 Å². The van der Waals surface area contributed by atoms with E-state index in [9.17, 15) is 4.79 Å². The van der Waals surface area contributed by atoms with E-state index in [0.29, 0.717) is 12.5 Å². The van der Waals surface area contributed by atoms with Crippen LogP contribution in [0.3, 0.4) is 0 Å². The van der Waals surface area contributed by atoms with Crippen molar-refractivity contribution in [2.24, 2.45) is 0 Å². The topological polar surface area (TPSA) is 32.3 Å². The quantitative estimate of drug-likeness (QED) is 0.899. The van der Waals surface area contributed by atoms with Crippen LogP contribution >= 0.6 is 0 Å². The molecule has 1 aliphatic heterocycles. The lowest BCUT2D eigenvalue weighted by Crippen LogP contribution is -2.44. The second-order valence-electron chi connectivity index (χ2n) is 5.41.